The summed E-state index contributed by atoms with van der Waals surface area (Å²) in [5.74, 6) is -1.14. The second-order valence-electron chi connectivity index (χ2n) is 6.99. The zero-order valence-electron chi connectivity index (χ0n) is 14.4. The van der Waals surface area contributed by atoms with Crippen molar-refractivity contribution in [2.24, 2.45) is 0 Å². The quantitative estimate of drug-likeness (QED) is 0.818. The Bertz CT molecular complexity index is 743. The van der Waals surface area contributed by atoms with Crippen LogP contribution in [-0.4, -0.2) is 50.4 Å². The largest absolute Gasteiger partial charge is 0.341 e. The highest BCUT2D eigenvalue weighted by Crippen LogP contribution is 2.29. The zero-order valence-corrected chi connectivity index (χ0v) is 15.2. The summed E-state index contributed by atoms with van der Waals surface area (Å²) in [6.45, 7) is 1.49. The smallest absolute Gasteiger partial charge is 0.244 e. The molecule has 0 aliphatic carbocycles. The van der Waals surface area contributed by atoms with Gasteiger partial charge in [-0.1, -0.05) is 12.1 Å². The molecule has 2 fully saturated rings. The van der Waals surface area contributed by atoms with Gasteiger partial charge in [0.1, 0.15) is 10.7 Å². The molecule has 0 spiro atoms. The summed E-state index contributed by atoms with van der Waals surface area (Å²) in [5.41, 5.74) is 0. The number of hydrogen-bond acceptors (Lipinski definition) is 4. The molecule has 2 N–H and O–H groups in total. The molecule has 0 radical (unpaired) electrons. The number of carbonyl (C=O) groups is 1. The summed E-state index contributed by atoms with van der Waals surface area (Å²) in [7, 11) is -2.38. The maximum absolute atomic E-state index is 13.8. The Balaban J connectivity index is 1.67. The van der Waals surface area contributed by atoms with E-state index >= 15 is 0 Å². The zero-order chi connectivity index (χ0) is 18.2. The maximum atomic E-state index is 13.8. The van der Waals surface area contributed by atoms with E-state index in [4.69, 9.17) is 0 Å². The highest BCUT2D eigenvalue weighted by molar-refractivity contribution is 7.89. The van der Waals surface area contributed by atoms with Crippen LogP contribution in [0.2, 0.25) is 0 Å². The molecule has 0 saturated carbocycles. The lowest BCUT2D eigenvalue weighted by atomic mass is 9.98. The van der Waals surface area contributed by atoms with Crippen LogP contribution in [-0.2, 0) is 14.8 Å². The van der Waals surface area contributed by atoms with Crippen molar-refractivity contribution in [1.29, 1.82) is 0 Å². The first-order valence-electron chi connectivity index (χ1n) is 8.57. The van der Waals surface area contributed by atoms with Crippen LogP contribution in [0.15, 0.2) is 29.2 Å². The molecule has 2 bridgehead atoms. The number of nitrogens with zero attached hydrogens (tertiary/aromatic N) is 1. The van der Waals surface area contributed by atoms with E-state index in [1.165, 1.54) is 25.1 Å². The Hall–Kier alpha value is -1.51. The number of hydrogen-bond donors (Lipinski definition) is 2. The Morgan fingerprint density at radius 1 is 1.28 bits per heavy atom. The lowest BCUT2D eigenvalue weighted by Crippen LogP contribution is -2.53. The first-order chi connectivity index (χ1) is 11.8. The molecule has 3 atom stereocenters. The topological polar surface area (TPSA) is 78.5 Å². The molecule has 1 amide bonds. The van der Waals surface area contributed by atoms with Crippen molar-refractivity contribution in [2.45, 2.75) is 61.7 Å². The molecular formula is C17H24FN3O3S. The fraction of sp³-hybridized carbons (Fsp3) is 0.588. The second kappa shape index (κ2) is 7.01. The van der Waals surface area contributed by atoms with Gasteiger partial charge in [0.15, 0.2) is 0 Å². The fourth-order valence-corrected chi connectivity index (χ4v) is 5.11. The van der Waals surface area contributed by atoms with Crippen molar-refractivity contribution in [3.05, 3.63) is 30.1 Å². The number of fused-ring (bicyclic) bond motifs is 2. The molecule has 8 heteroatoms. The van der Waals surface area contributed by atoms with Gasteiger partial charge < -0.3 is 10.2 Å². The van der Waals surface area contributed by atoms with E-state index in [2.05, 4.69) is 10.0 Å². The molecule has 3 rings (SSSR count). The molecule has 2 heterocycles. The standard InChI is InChI=1S/C17H24FN3O3S/c1-11(20-25(23,24)16-6-4-3-5-15(16)18)17(22)21(2)14-9-12-7-8-13(10-14)19-12/h3-6,11-14,19-20H,7-10H2,1-2H3. The minimum Gasteiger partial charge on any atom is -0.341 e. The summed E-state index contributed by atoms with van der Waals surface area (Å²) < 4.78 is 40.8. The number of halogens is 1. The van der Waals surface area contributed by atoms with Crippen molar-refractivity contribution in [1.82, 2.24) is 14.9 Å². The van der Waals surface area contributed by atoms with Gasteiger partial charge >= 0.3 is 0 Å². The average molecular weight is 369 g/mol. The van der Waals surface area contributed by atoms with E-state index < -0.39 is 26.8 Å². The summed E-state index contributed by atoms with van der Waals surface area (Å²) in [6, 6.07) is 5.15. The monoisotopic (exact) mass is 369 g/mol. The normalized spacial score (nSPS) is 27.1. The first-order valence-corrected chi connectivity index (χ1v) is 10.1. The number of rotatable bonds is 5. The Kier molecular flexibility index (Phi) is 5.13. The minimum atomic E-state index is -4.09. The number of sulfonamides is 1. The van der Waals surface area contributed by atoms with Crippen LogP contribution in [0.25, 0.3) is 0 Å². The SMILES string of the molecule is CC(NS(=O)(=O)c1ccccc1F)C(=O)N(C)C1CC2CCC(C1)N2. The fourth-order valence-electron chi connectivity index (χ4n) is 3.84. The van der Waals surface area contributed by atoms with E-state index in [0.717, 1.165) is 31.7 Å². The lowest BCUT2D eigenvalue weighted by molar-refractivity contribution is -0.134. The Labute approximate surface area is 147 Å². The molecule has 1 aromatic rings. The molecule has 2 aliphatic rings. The van der Waals surface area contributed by atoms with E-state index in [0.29, 0.717) is 12.1 Å². The van der Waals surface area contributed by atoms with Crippen LogP contribution >= 0.6 is 0 Å². The van der Waals surface area contributed by atoms with Gasteiger partial charge in [0, 0.05) is 25.2 Å². The Morgan fingerprint density at radius 3 is 2.48 bits per heavy atom. The predicted molar refractivity (Wildman–Crippen MR) is 91.9 cm³/mol. The summed E-state index contributed by atoms with van der Waals surface area (Å²) in [6.07, 6.45) is 4.01. The third kappa shape index (κ3) is 3.86. The third-order valence-corrected chi connectivity index (χ3v) is 6.75. The van der Waals surface area contributed by atoms with Gasteiger partial charge in [-0.2, -0.15) is 4.72 Å². The maximum Gasteiger partial charge on any atom is 0.244 e. The van der Waals surface area contributed by atoms with Crippen molar-refractivity contribution in [3.8, 4) is 0 Å². The molecule has 3 unspecified atom stereocenters. The molecule has 1 aromatic carbocycles. The van der Waals surface area contributed by atoms with Gasteiger partial charge in [0.2, 0.25) is 15.9 Å². The summed E-state index contributed by atoms with van der Waals surface area (Å²) in [4.78, 5) is 13.8. The van der Waals surface area contributed by atoms with Gasteiger partial charge in [-0.15, -0.1) is 0 Å². The minimum absolute atomic E-state index is 0.103. The lowest BCUT2D eigenvalue weighted by Gasteiger charge is -2.36. The number of carbonyl (C=O) groups excluding carboxylic acids is 1. The number of piperidine rings is 1. The highest BCUT2D eigenvalue weighted by Gasteiger charge is 2.37. The van der Waals surface area contributed by atoms with E-state index in [-0.39, 0.29) is 11.9 Å². The highest BCUT2D eigenvalue weighted by atomic mass is 32.2. The van der Waals surface area contributed by atoms with Crippen LogP contribution in [0.3, 0.4) is 0 Å². The second-order valence-corrected chi connectivity index (χ2v) is 8.67. The molecule has 2 aliphatic heterocycles. The summed E-state index contributed by atoms with van der Waals surface area (Å²) >= 11 is 0. The van der Waals surface area contributed by atoms with Crippen LogP contribution in [0.4, 0.5) is 4.39 Å². The molecular weight excluding hydrogens is 345 g/mol. The van der Waals surface area contributed by atoms with E-state index in [9.17, 15) is 17.6 Å². The van der Waals surface area contributed by atoms with Crippen molar-refractivity contribution < 1.29 is 17.6 Å². The van der Waals surface area contributed by atoms with Gasteiger partial charge in [-0.3, -0.25) is 4.79 Å². The van der Waals surface area contributed by atoms with Gasteiger partial charge in [-0.25, -0.2) is 12.8 Å². The molecule has 25 heavy (non-hydrogen) atoms. The van der Waals surface area contributed by atoms with E-state index in [1.54, 1.807) is 11.9 Å². The van der Waals surface area contributed by atoms with E-state index in [1.807, 2.05) is 0 Å². The average Bonchev–Trinajstić information content (AvgIpc) is 2.91. The van der Waals surface area contributed by atoms with Crippen LogP contribution in [0.1, 0.15) is 32.6 Å². The van der Waals surface area contributed by atoms with Gasteiger partial charge in [-0.05, 0) is 44.7 Å². The third-order valence-electron chi connectivity index (χ3n) is 5.17. The number of benzene rings is 1. The number of likely N-dealkylation sites (N-methyl/N-ethyl adjacent to an activating group) is 1. The van der Waals surface area contributed by atoms with Crippen molar-refractivity contribution in [3.63, 3.8) is 0 Å². The molecule has 138 valence electrons. The van der Waals surface area contributed by atoms with Crippen LogP contribution < -0.4 is 10.0 Å². The predicted octanol–water partition coefficient (Wildman–Crippen LogP) is 1.23. The van der Waals surface area contributed by atoms with Crippen LogP contribution in [0.5, 0.6) is 0 Å². The number of nitrogens with one attached hydrogen (secondary N) is 2. The van der Waals surface area contributed by atoms with Crippen molar-refractivity contribution in [2.75, 3.05) is 7.05 Å². The van der Waals surface area contributed by atoms with Crippen molar-refractivity contribution >= 4 is 15.9 Å². The summed E-state index contributed by atoms with van der Waals surface area (Å²) in [5, 5.41) is 3.52. The Morgan fingerprint density at radius 2 is 1.88 bits per heavy atom. The molecule has 2 saturated heterocycles. The first kappa shape index (κ1) is 18.3. The van der Waals surface area contributed by atoms with Crippen LogP contribution in [0, 0.1) is 5.82 Å². The van der Waals surface area contributed by atoms with Gasteiger partial charge in [0.05, 0.1) is 6.04 Å². The molecule has 0 aromatic heterocycles. The number of amides is 1. The molecule has 6 nitrogen and oxygen atoms in total. The van der Waals surface area contributed by atoms with Gasteiger partial charge in [0.25, 0.3) is 0 Å².